The molecule has 0 unspecified atom stereocenters. The monoisotopic (exact) mass is 1250 g/mol. The number of aryl methyl sites for hydroxylation is 1. The molecule has 21 heteroatoms. The standard InChI is InChI=1S/C70H91N7O14/c1-45(2)39-55-64(82)72-53(41-48-25-16-13-17-26-48)67(85)76(9)62(46(3)4)65(83)73-52(40-47-23-14-12-15-24-47)66(84)74(7)37-20-19-30-61(80)90-44-70(5,6)63(81)68(86)77-38-21-18-29-54(77)69(87)91-56(33-31-49-32-34-57(88-10)58(42-49)89-11)50-27-22-28-51(43-50)71-59(78)35-36-60(79)75(55)8/h12-17,19,22-28,30,32,34,42-43,45-46,52-56,62H,18,20-21,29,31,33,35-41,44H2,1-11H3,(H,71,78)(H,72,82)(H,73,83)/b30-19-/t52-,53+,54-,55-,56+,62-/m0/s1. The number of esters is 2. The number of piperidine rings is 1. The lowest BCUT2D eigenvalue weighted by molar-refractivity contribution is -0.165. The van der Waals surface area contributed by atoms with Gasteiger partial charge in [0.05, 0.1) is 19.6 Å². The number of benzene rings is 4. The van der Waals surface area contributed by atoms with Gasteiger partial charge in [0, 0.05) is 71.7 Å². The van der Waals surface area contributed by atoms with Gasteiger partial charge in [-0.05, 0) is 117 Å². The number of fused-ring (bicyclic) bond motifs is 3. The van der Waals surface area contributed by atoms with E-state index in [1.807, 2.05) is 74.5 Å². The number of ether oxygens (including phenoxy) is 4. The predicted octanol–water partition coefficient (Wildman–Crippen LogP) is 7.39. The number of nitrogens with zero attached hydrogens (tertiary/aromatic N) is 4. The second-order valence-electron chi connectivity index (χ2n) is 24.9. The number of carbonyl (C=O) groups excluding carboxylic acids is 10. The van der Waals surface area contributed by atoms with Gasteiger partial charge in [0.1, 0.15) is 42.9 Å². The second-order valence-corrected chi connectivity index (χ2v) is 24.9. The fourth-order valence-electron chi connectivity index (χ4n) is 11.3. The zero-order valence-electron chi connectivity index (χ0n) is 54.5. The van der Waals surface area contributed by atoms with Crippen LogP contribution < -0.4 is 25.4 Å². The molecule has 0 aromatic heterocycles. The Bertz CT molecular complexity index is 3220. The van der Waals surface area contributed by atoms with Crippen molar-refractivity contribution in [1.82, 2.24) is 30.2 Å². The number of nitrogens with one attached hydrogen (secondary N) is 3. The molecular formula is C70H91N7O14. The molecule has 0 saturated carbocycles. The van der Waals surface area contributed by atoms with Crippen molar-refractivity contribution in [3.05, 3.63) is 138 Å². The van der Waals surface area contributed by atoms with E-state index in [1.165, 1.54) is 67.8 Å². The van der Waals surface area contributed by atoms with E-state index in [9.17, 15) is 47.9 Å². The first-order chi connectivity index (χ1) is 43.3. The van der Waals surface area contributed by atoms with E-state index in [-0.39, 0.29) is 70.4 Å². The number of ketones is 1. The molecule has 4 aromatic carbocycles. The van der Waals surface area contributed by atoms with Gasteiger partial charge in [-0.15, -0.1) is 0 Å². The summed E-state index contributed by atoms with van der Waals surface area (Å²) < 4.78 is 22.9. The summed E-state index contributed by atoms with van der Waals surface area (Å²) in [5, 5.41) is 8.75. The summed E-state index contributed by atoms with van der Waals surface area (Å²) in [6.07, 6.45) is 3.54. The van der Waals surface area contributed by atoms with Crippen molar-refractivity contribution in [2.75, 3.05) is 60.4 Å². The molecule has 4 aromatic rings. The Kier molecular flexibility index (Phi) is 26.4. The highest BCUT2D eigenvalue weighted by molar-refractivity contribution is 6.38. The van der Waals surface area contributed by atoms with Gasteiger partial charge in [0.25, 0.3) is 5.91 Å². The number of Topliss-reactive ketones (excluding diaryl/α,β-unsaturated/α-hetero) is 1. The predicted molar refractivity (Wildman–Crippen MR) is 343 cm³/mol. The van der Waals surface area contributed by atoms with E-state index in [0.717, 1.165) is 17.2 Å². The van der Waals surface area contributed by atoms with Crippen molar-refractivity contribution in [3.8, 4) is 11.5 Å². The lowest BCUT2D eigenvalue weighted by Gasteiger charge is -2.36. The molecule has 2 heterocycles. The molecular weight excluding hydrogens is 1160 g/mol. The Morgan fingerprint density at radius 2 is 1.31 bits per heavy atom. The molecule has 7 amide bonds. The summed E-state index contributed by atoms with van der Waals surface area (Å²) in [7, 11) is 7.57. The molecule has 0 aliphatic carbocycles. The van der Waals surface area contributed by atoms with Crippen LogP contribution in [0.4, 0.5) is 5.69 Å². The summed E-state index contributed by atoms with van der Waals surface area (Å²) in [6, 6.07) is 24.6. The lowest BCUT2D eigenvalue weighted by atomic mass is 9.87. The minimum absolute atomic E-state index is 0.0283. The topological polar surface area (TPSA) is 257 Å². The van der Waals surface area contributed by atoms with Gasteiger partial charge >= 0.3 is 11.9 Å². The maximum atomic E-state index is 15.0. The molecule has 3 N–H and O–H groups in total. The van der Waals surface area contributed by atoms with Crippen LogP contribution in [0.1, 0.15) is 121 Å². The number of hydrogen-bond acceptors (Lipinski definition) is 14. The molecule has 490 valence electrons. The fraction of sp³-hybridized carbons (Fsp3) is 0.486. The average Bonchev–Trinajstić information content (AvgIpc) is 3.71. The SMILES string of the molecule is COc1ccc(CC[C@H]2OC(=O)[C@@H]3CCCCN3C(=O)C(=O)C(C)(C)COC(=O)/C=C\CCN(C)C(=O)[C@H](Cc3ccccc3)NC(=O)[C@H](C(C)C)N(C)C(=O)[C@@H](Cc3ccccc3)NC(=O)[C@H](CC(C)C)N(C)C(=O)CCC(=O)Nc3cccc2c3)cc1OC. The van der Waals surface area contributed by atoms with Crippen LogP contribution in [0.2, 0.25) is 0 Å². The fourth-order valence-corrected chi connectivity index (χ4v) is 11.3. The van der Waals surface area contributed by atoms with Crippen LogP contribution in [-0.4, -0.2) is 164 Å². The number of anilines is 1. The molecule has 1 saturated heterocycles. The largest absolute Gasteiger partial charge is 0.493 e. The molecule has 6 atom stereocenters. The number of rotatable bonds is 12. The van der Waals surface area contributed by atoms with Crippen LogP contribution >= 0.6 is 0 Å². The molecule has 6 rings (SSSR count). The van der Waals surface area contributed by atoms with E-state index in [4.69, 9.17) is 18.9 Å². The molecule has 91 heavy (non-hydrogen) atoms. The summed E-state index contributed by atoms with van der Waals surface area (Å²) in [6.45, 7) is 10.0. The van der Waals surface area contributed by atoms with Crippen LogP contribution in [0.5, 0.6) is 11.5 Å². The van der Waals surface area contributed by atoms with Gasteiger partial charge < -0.3 is 54.5 Å². The first-order valence-electron chi connectivity index (χ1n) is 31.3. The Morgan fingerprint density at radius 3 is 1.93 bits per heavy atom. The molecule has 2 bridgehead atoms. The van der Waals surface area contributed by atoms with Crippen molar-refractivity contribution in [2.24, 2.45) is 17.3 Å². The number of amides is 7. The molecule has 0 spiro atoms. The van der Waals surface area contributed by atoms with E-state index in [0.29, 0.717) is 47.6 Å². The summed E-state index contributed by atoms with van der Waals surface area (Å²) >= 11 is 0. The van der Waals surface area contributed by atoms with Crippen LogP contribution in [0, 0.1) is 17.3 Å². The van der Waals surface area contributed by atoms with Crippen molar-refractivity contribution >= 4 is 64.8 Å². The van der Waals surface area contributed by atoms with Gasteiger partial charge in [-0.2, -0.15) is 0 Å². The highest BCUT2D eigenvalue weighted by atomic mass is 16.5. The summed E-state index contributed by atoms with van der Waals surface area (Å²) in [5.74, 6) is -6.26. The first-order valence-corrected chi connectivity index (χ1v) is 31.3. The van der Waals surface area contributed by atoms with Gasteiger partial charge in [-0.1, -0.05) is 113 Å². The normalized spacial score (nSPS) is 22.6. The minimum atomic E-state index is -1.52. The van der Waals surface area contributed by atoms with Crippen LogP contribution in [0.25, 0.3) is 0 Å². The zero-order chi connectivity index (χ0) is 66.5. The number of likely N-dealkylation sites (N-methyl/N-ethyl adjacent to an activating group) is 3. The first kappa shape index (κ1) is 71.2. The smallest absolute Gasteiger partial charge is 0.330 e. The highest BCUT2D eigenvalue weighted by Crippen LogP contribution is 2.33. The summed E-state index contributed by atoms with van der Waals surface area (Å²) in [5.41, 5.74) is 1.61. The Morgan fingerprint density at radius 1 is 0.670 bits per heavy atom. The molecule has 2 aliphatic rings. The zero-order valence-corrected chi connectivity index (χ0v) is 54.5. The Balaban J connectivity index is 1.33. The van der Waals surface area contributed by atoms with Crippen molar-refractivity contribution < 1.29 is 66.9 Å². The summed E-state index contributed by atoms with van der Waals surface area (Å²) in [4.78, 5) is 148. The Labute approximate surface area is 534 Å². The van der Waals surface area contributed by atoms with Crippen molar-refractivity contribution in [1.29, 1.82) is 0 Å². The third-order valence-corrected chi connectivity index (χ3v) is 16.5. The van der Waals surface area contributed by atoms with E-state index >= 15 is 0 Å². The second kappa shape index (κ2) is 33.8. The maximum Gasteiger partial charge on any atom is 0.330 e. The number of carbonyl (C=O) groups is 10. The number of methoxy groups -OCH3 is 2. The quantitative estimate of drug-likeness (QED) is 0.0924. The highest BCUT2D eigenvalue weighted by Gasteiger charge is 2.43. The maximum absolute atomic E-state index is 15.0. The van der Waals surface area contributed by atoms with Crippen LogP contribution in [-0.2, 0) is 76.7 Å². The van der Waals surface area contributed by atoms with E-state index in [2.05, 4.69) is 16.0 Å². The van der Waals surface area contributed by atoms with Crippen LogP contribution in [0.15, 0.2) is 115 Å². The minimum Gasteiger partial charge on any atom is -0.493 e. The average molecular weight is 1250 g/mol. The molecule has 1 fully saturated rings. The van der Waals surface area contributed by atoms with Gasteiger partial charge in [0.2, 0.25) is 41.2 Å². The van der Waals surface area contributed by atoms with Gasteiger partial charge in [0.15, 0.2) is 11.5 Å². The lowest BCUT2D eigenvalue weighted by Crippen LogP contribution is -2.60. The number of hydrogen-bond donors (Lipinski definition) is 3. The van der Waals surface area contributed by atoms with Crippen molar-refractivity contribution in [3.63, 3.8) is 0 Å². The van der Waals surface area contributed by atoms with Crippen molar-refractivity contribution in [2.45, 2.75) is 148 Å². The molecule has 0 radical (unpaired) electrons. The van der Waals surface area contributed by atoms with E-state index in [1.54, 1.807) is 63.4 Å². The third kappa shape index (κ3) is 20.3. The van der Waals surface area contributed by atoms with Gasteiger partial charge in [-0.25, -0.2) is 9.59 Å². The molecule has 2 aliphatic heterocycles. The number of cyclic esters (lactones) is 2. The van der Waals surface area contributed by atoms with Crippen LogP contribution in [0.3, 0.4) is 0 Å². The Hall–Kier alpha value is -8.88. The van der Waals surface area contributed by atoms with Gasteiger partial charge in [-0.3, -0.25) is 38.4 Å². The van der Waals surface area contributed by atoms with E-state index < -0.39 is 113 Å². The third-order valence-electron chi connectivity index (χ3n) is 16.5. The molecule has 21 nitrogen and oxygen atoms in total.